The van der Waals surface area contributed by atoms with Crippen LogP contribution in [-0.2, 0) is 18.4 Å². The summed E-state index contributed by atoms with van der Waals surface area (Å²) < 4.78 is 3.57. The van der Waals surface area contributed by atoms with Crippen LogP contribution in [0.3, 0.4) is 0 Å². The Morgan fingerprint density at radius 2 is 1.97 bits per heavy atom. The average molecular weight is 456 g/mol. The molecule has 3 aromatic heterocycles. The Bertz CT molecular complexity index is 1460. The quantitative estimate of drug-likeness (QED) is 0.473. The Labute approximate surface area is 198 Å². The molecule has 0 radical (unpaired) electrons. The Morgan fingerprint density at radius 1 is 1.12 bits per heavy atom. The highest BCUT2D eigenvalue weighted by Crippen LogP contribution is 2.46. The highest BCUT2D eigenvalue weighted by Gasteiger charge is 2.40. The van der Waals surface area contributed by atoms with Crippen LogP contribution in [-0.4, -0.2) is 30.9 Å². The van der Waals surface area contributed by atoms with Crippen LogP contribution in [0.2, 0.25) is 0 Å². The van der Waals surface area contributed by atoms with Gasteiger partial charge in [-0.1, -0.05) is 19.1 Å². The fraction of sp³-hybridized carbons (Fsp3) is 0.385. The largest absolute Gasteiger partial charge is 0.324 e. The predicted molar refractivity (Wildman–Crippen MR) is 133 cm³/mol. The van der Waals surface area contributed by atoms with Gasteiger partial charge in [-0.25, -0.2) is 19.3 Å². The van der Waals surface area contributed by atoms with E-state index in [1.165, 1.54) is 11.1 Å². The zero-order valence-corrected chi connectivity index (χ0v) is 19.8. The highest BCUT2D eigenvalue weighted by atomic mass is 16.1. The van der Waals surface area contributed by atoms with Crippen LogP contribution in [0.15, 0.2) is 47.4 Å². The summed E-state index contributed by atoms with van der Waals surface area (Å²) in [5.74, 6) is 1.17. The van der Waals surface area contributed by atoms with Gasteiger partial charge in [0.25, 0.3) is 5.56 Å². The van der Waals surface area contributed by atoms with E-state index < -0.39 is 0 Å². The van der Waals surface area contributed by atoms with E-state index in [4.69, 9.17) is 9.97 Å². The molecule has 0 amide bonds. The molecule has 174 valence electrons. The lowest BCUT2D eigenvalue weighted by atomic mass is 10.0. The predicted octanol–water partition coefficient (Wildman–Crippen LogP) is 4.00. The van der Waals surface area contributed by atoms with Crippen LogP contribution in [0.4, 0.5) is 11.6 Å². The maximum Gasteiger partial charge on any atom is 0.278 e. The summed E-state index contributed by atoms with van der Waals surface area (Å²) >= 11 is 0. The molecule has 4 aromatic rings. The third-order valence-electron chi connectivity index (χ3n) is 7.03. The molecule has 1 saturated carbocycles. The highest BCUT2D eigenvalue weighted by molar-refractivity contribution is 5.77. The van der Waals surface area contributed by atoms with Gasteiger partial charge in [0, 0.05) is 35.6 Å². The maximum absolute atomic E-state index is 13.3. The van der Waals surface area contributed by atoms with Crippen LogP contribution in [0, 0.1) is 0 Å². The monoisotopic (exact) mass is 455 g/mol. The summed E-state index contributed by atoms with van der Waals surface area (Å²) in [6, 6.07) is 12.3. The number of nitrogens with zero attached hydrogens (tertiary/aromatic N) is 5. The molecule has 1 aliphatic heterocycles. The molecule has 4 heterocycles. The van der Waals surface area contributed by atoms with Gasteiger partial charge < -0.3 is 10.6 Å². The van der Waals surface area contributed by atoms with Crippen molar-refractivity contribution < 1.29 is 0 Å². The summed E-state index contributed by atoms with van der Waals surface area (Å²) in [6.07, 6.45) is 4.90. The summed E-state index contributed by atoms with van der Waals surface area (Å²) in [6.45, 7) is 8.12. The lowest BCUT2D eigenvalue weighted by Crippen LogP contribution is -2.25. The lowest BCUT2D eigenvalue weighted by Gasteiger charge is -2.18. The standard InChI is InChI=1S/C26H29N7O/c1-16(2)32-24(34)20-15-28-25(29-19-8-7-18-14-27-12-9-17(18)13-19)31-23(20)33(32)22-6-4-5-21(30-22)26(3)10-11-26/h4-8,13,15-16,27H,9-12,14H2,1-3H3,(H,28,29,31). The van der Waals surface area contributed by atoms with E-state index in [1.807, 2.05) is 36.7 Å². The number of hydrogen-bond donors (Lipinski definition) is 2. The molecule has 0 saturated heterocycles. The molecule has 34 heavy (non-hydrogen) atoms. The first kappa shape index (κ1) is 21.0. The smallest absolute Gasteiger partial charge is 0.278 e. The number of benzene rings is 1. The fourth-order valence-corrected chi connectivity index (χ4v) is 4.75. The molecular weight excluding hydrogens is 426 g/mol. The Morgan fingerprint density at radius 3 is 2.76 bits per heavy atom. The number of rotatable bonds is 5. The van der Waals surface area contributed by atoms with Gasteiger partial charge in [0.05, 0.1) is 0 Å². The Kier molecular flexibility index (Phi) is 4.81. The van der Waals surface area contributed by atoms with Crippen molar-refractivity contribution in [3.63, 3.8) is 0 Å². The van der Waals surface area contributed by atoms with Crippen LogP contribution in [0.25, 0.3) is 16.9 Å². The van der Waals surface area contributed by atoms with Crippen molar-refractivity contribution >= 4 is 22.7 Å². The Balaban J connectivity index is 1.46. The first-order chi connectivity index (χ1) is 16.4. The van der Waals surface area contributed by atoms with Gasteiger partial charge in [0.1, 0.15) is 5.39 Å². The van der Waals surface area contributed by atoms with Crippen molar-refractivity contribution in [1.29, 1.82) is 0 Å². The summed E-state index contributed by atoms with van der Waals surface area (Å²) in [4.78, 5) is 27.5. The number of aromatic nitrogens is 5. The van der Waals surface area contributed by atoms with Crippen molar-refractivity contribution in [2.24, 2.45) is 0 Å². The summed E-state index contributed by atoms with van der Waals surface area (Å²) in [5, 5.41) is 7.23. The van der Waals surface area contributed by atoms with Crippen LogP contribution >= 0.6 is 0 Å². The number of hydrogen-bond acceptors (Lipinski definition) is 6. The minimum absolute atomic E-state index is 0.0608. The number of fused-ring (bicyclic) bond motifs is 2. The van der Waals surface area contributed by atoms with Gasteiger partial charge >= 0.3 is 0 Å². The fourth-order valence-electron chi connectivity index (χ4n) is 4.75. The zero-order valence-electron chi connectivity index (χ0n) is 19.8. The van der Waals surface area contributed by atoms with Gasteiger partial charge in [-0.15, -0.1) is 0 Å². The Hall–Kier alpha value is -3.52. The van der Waals surface area contributed by atoms with E-state index in [2.05, 4.69) is 40.7 Å². The van der Waals surface area contributed by atoms with Crippen LogP contribution in [0.5, 0.6) is 0 Å². The van der Waals surface area contributed by atoms with Crippen molar-refractivity contribution in [2.45, 2.75) is 58.0 Å². The summed E-state index contributed by atoms with van der Waals surface area (Å²) in [5.41, 5.74) is 5.25. The molecule has 1 aliphatic carbocycles. The van der Waals surface area contributed by atoms with Crippen molar-refractivity contribution in [3.8, 4) is 5.82 Å². The third-order valence-corrected chi connectivity index (χ3v) is 7.03. The van der Waals surface area contributed by atoms with Gasteiger partial charge in [-0.3, -0.25) is 4.79 Å². The second-order valence-corrected chi connectivity index (χ2v) is 9.96. The molecule has 8 nitrogen and oxygen atoms in total. The minimum Gasteiger partial charge on any atom is -0.324 e. The first-order valence-electron chi connectivity index (χ1n) is 12.0. The van der Waals surface area contributed by atoms with E-state index in [-0.39, 0.29) is 17.0 Å². The van der Waals surface area contributed by atoms with Crippen molar-refractivity contribution in [1.82, 2.24) is 29.6 Å². The van der Waals surface area contributed by atoms with Gasteiger partial charge in [-0.2, -0.15) is 4.98 Å². The molecule has 2 N–H and O–H groups in total. The molecule has 1 aromatic carbocycles. The van der Waals surface area contributed by atoms with Gasteiger partial charge in [-0.05, 0) is 75.0 Å². The lowest BCUT2D eigenvalue weighted by molar-refractivity contribution is 0.471. The second-order valence-electron chi connectivity index (χ2n) is 9.96. The van der Waals surface area contributed by atoms with E-state index in [1.54, 1.807) is 10.9 Å². The van der Waals surface area contributed by atoms with E-state index >= 15 is 0 Å². The number of pyridine rings is 1. The topological polar surface area (TPSA) is 89.7 Å². The summed E-state index contributed by atoms with van der Waals surface area (Å²) in [7, 11) is 0. The third kappa shape index (κ3) is 3.49. The molecule has 1 fully saturated rings. The van der Waals surface area contributed by atoms with Crippen LogP contribution in [0.1, 0.15) is 56.5 Å². The zero-order chi connectivity index (χ0) is 23.4. The average Bonchev–Trinajstić information content (AvgIpc) is 3.53. The van der Waals surface area contributed by atoms with Crippen LogP contribution < -0.4 is 16.2 Å². The van der Waals surface area contributed by atoms with Crippen molar-refractivity contribution in [3.05, 3.63) is 69.8 Å². The number of nitrogens with one attached hydrogen (secondary N) is 2. The minimum atomic E-state index is -0.109. The SMILES string of the molecule is CC(C)n1c(=O)c2cnc(Nc3ccc4c(c3)CCNC4)nc2n1-c1cccc(C2(C)CC2)n1. The van der Waals surface area contributed by atoms with Gasteiger partial charge in [0.2, 0.25) is 5.95 Å². The molecule has 0 spiro atoms. The maximum atomic E-state index is 13.3. The van der Waals surface area contributed by atoms with Gasteiger partial charge in [0.15, 0.2) is 11.5 Å². The van der Waals surface area contributed by atoms with E-state index in [0.717, 1.165) is 43.7 Å². The van der Waals surface area contributed by atoms with E-state index in [9.17, 15) is 4.79 Å². The second kappa shape index (κ2) is 7.77. The number of anilines is 2. The molecule has 0 bridgehead atoms. The van der Waals surface area contributed by atoms with E-state index in [0.29, 0.717) is 22.8 Å². The molecule has 0 atom stereocenters. The van der Waals surface area contributed by atoms with Crippen molar-refractivity contribution in [2.75, 3.05) is 11.9 Å². The molecule has 2 aliphatic rings. The molecular formula is C26H29N7O. The first-order valence-corrected chi connectivity index (χ1v) is 12.0. The molecule has 0 unspecified atom stereocenters. The molecule has 6 rings (SSSR count). The normalized spacial score (nSPS) is 16.6. The molecule has 8 heteroatoms.